The van der Waals surface area contributed by atoms with Gasteiger partial charge in [0, 0.05) is 10.9 Å². The number of nitrogens with two attached hydrogens (primary N) is 1. The lowest BCUT2D eigenvalue weighted by Gasteiger charge is -1.98. The Bertz CT molecular complexity index is 351. The first-order valence-corrected chi connectivity index (χ1v) is 4.61. The number of rotatable bonds is 2. The molecule has 0 spiro atoms. The molecule has 2 nitrogen and oxygen atoms in total. The Hall–Kier alpha value is -1.02. The van der Waals surface area contributed by atoms with Gasteiger partial charge in [-0.3, -0.25) is 4.79 Å². The van der Waals surface area contributed by atoms with Crippen LogP contribution in [-0.2, 0) is 4.79 Å². The first-order valence-electron chi connectivity index (χ1n) is 4.23. The Kier molecular flexibility index (Phi) is 2.00. The summed E-state index contributed by atoms with van der Waals surface area (Å²) in [6, 6.07) is 7.61. The average molecular weight is 196 g/mol. The van der Waals surface area contributed by atoms with E-state index in [0.29, 0.717) is 10.9 Å². The Morgan fingerprint density at radius 3 is 2.85 bits per heavy atom. The van der Waals surface area contributed by atoms with Gasteiger partial charge in [-0.15, -0.1) is 0 Å². The van der Waals surface area contributed by atoms with E-state index in [-0.39, 0.29) is 11.8 Å². The predicted molar refractivity (Wildman–Crippen MR) is 51.5 cm³/mol. The van der Waals surface area contributed by atoms with Gasteiger partial charge in [0.15, 0.2) is 0 Å². The maximum absolute atomic E-state index is 10.8. The van der Waals surface area contributed by atoms with Crippen LogP contribution in [0, 0.1) is 5.92 Å². The zero-order chi connectivity index (χ0) is 9.42. The van der Waals surface area contributed by atoms with Crippen LogP contribution >= 0.6 is 11.6 Å². The van der Waals surface area contributed by atoms with Crippen LogP contribution in [-0.4, -0.2) is 5.91 Å². The summed E-state index contributed by atoms with van der Waals surface area (Å²) in [7, 11) is 0. The van der Waals surface area contributed by atoms with Crippen molar-refractivity contribution in [1.82, 2.24) is 0 Å². The number of benzene rings is 1. The number of carbonyl (C=O) groups excluding carboxylic acids is 1. The summed E-state index contributed by atoms with van der Waals surface area (Å²) < 4.78 is 0. The third-order valence-electron chi connectivity index (χ3n) is 2.43. The summed E-state index contributed by atoms with van der Waals surface area (Å²) in [5, 5.41) is 0.715. The van der Waals surface area contributed by atoms with Gasteiger partial charge in [0.25, 0.3) is 0 Å². The van der Waals surface area contributed by atoms with Crippen molar-refractivity contribution in [2.24, 2.45) is 11.7 Å². The highest BCUT2D eigenvalue weighted by Gasteiger charge is 2.42. The van der Waals surface area contributed by atoms with Crippen molar-refractivity contribution < 1.29 is 4.79 Å². The molecule has 0 radical (unpaired) electrons. The molecule has 0 heterocycles. The third-order valence-corrected chi connectivity index (χ3v) is 2.67. The smallest absolute Gasteiger partial charge is 0.221 e. The minimum Gasteiger partial charge on any atom is -0.369 e. The van der Waals surface area contributed by atoms with E-state index in [1.54, 1.807) is 0 Å². The molecular weight excluding hydrogens is 186 g/mol. The molecule has 1 fully saturated rings. The van der Waals surface area contributed by atoms with E-state index in [4.69, 9.17) is 17.3 Å². The van der Waals surface area contributed by atoms with E-state index in [0.717, 1.165) is 12.0 Å². The van der Waals surface area contributed by atoms with E-state index in [2.05, 4.69) is 0 Å². The fourth-order valence-corrected chi connectivity index (χ4v) is 1.81. The van der Waals surface area contributed by atoms with Gasteiger partial charge < -0.3 is 5.73 Å². The summed E-state index contributed by atoms with van der Waals surface area (Å²) >= 11 is 5.83. The van der Waals surface area contributed by atoms with Crippen molar-refractivity contribution in [2.45, 2.75) is 12.3 Å². The molecule has 0 unspecified atom stereocenters. The van der Waals surface area contributed by atoms with Crippen LogP contribution in [0.25, 0.3) is 0 Å². The van der Waals surface area contributed by atoms with Gasteiger partial charge in [0.2, 0.25) is 5.91 Å². The zero-order valence-corrected chi connectivity index (χ0v) is 7.79. The van der Waals surface area contributed by atoms with Crippen molar-refractivity contribution in [3.05, 3.63) is 34.9 Å². The first kappa shape index (κ1) is 8.57. The highest BCUT2D eigenvalue weighted by atomic mass is 35.5. The van der Waals surface area contributed by atoms with E-state index >= 15 is 0 Å². The van der Waals surface area contributed by atoms with Crippen LogP contribution in [0.1, 0.15) is 17.9 Å². The van der Waals surface area contributed by atoms with Crippen LogP contribution < -0.4 is 5.73 Å². The number of carbonyl (C=O) groups is 1. The van der Waals surface area contributed by atoms with Gasteiger partial charge in [0.05, 0.1) is 0 Å². The summed E-state index contributed by atoms with van der Waals surface area (Å²) in [4.78, 5) is 10.8. The molecule has 0 aliphatic heterocycles. The standard InChI is InChI=1S/C10H10ClNO/c11-7-3-1-2-6(4-7)8-5-9(8)10(12)13/h1-4,8-9H,5H2,(H2,12,13)/t8-,9-/m1/s1. The lowest BCUT2D eigenvalue weighted by Crippen LogP contribution is -2.13. The van der Waals surface area contributed by atoms with Crippen LogP contribution in [0.2, 0.25) is 5.02 Å². The number of primary amides is 1. The lowest BCUT2D eigenvalue weighted by atomic mass is 10.1. The number of halogens is 1. The topological polar surface area (TPSA) is 43.1 Å². The molecule has 68 valence electrons. The Morgan fingerprint density at radius 2 is 2.31 bits per heavy atom. The summed E-state index contributed by atoms with van der Waals surface area (Å²) in [6.45, 7) is 0. The molecule has 1 aliphatic carbocycles. The maximum atomic E-state index is 10.8. The molecule has 1 aliphatic rings. The first-order chi connectivity index (χ1) is 6.18. The normalized spacial score (nSPS) is 25.6. The van der Waals surface area contributed by atoms with Gasteiger partial charge in [-0.2, -0.15) is 0 Å². The molecule has 2 atom stereocenters. The number of amides is 1. The monoisotopic (exact) mass is 195 g/mol. The zero-order valence-electron chi connectivity index (χ0n) is 7.03. The quantitative estimate of drug-likeness (QED) is 0.770. The summed E-state index contributed by atoms with van der Waals surface area (Å²) in [6.07, 6.45) is 0.871. The fourth-order valence-electron chi connectivity index (χ4n) is 1.62. The fraction of sp³-hybridized carbons (Fsp3) is 0.300. The molecular formula is C10H10ClNO. The highest BCUT2D eigenvalue weighted by molar-refractivity contribution is 6.30. The molecule has 2 rings (SSSR count). The molecule has 0 bridgehead atoms. The van der Waals surface area contributed by atoms with E-state index in [1.807, 2.05) is 24.3 Å². The van der Waals surface area contributed by atoms with Crippen LogP contribution in [0.5, 0.6) is 0 Å². The average Bonchev–Trinajstić information content (AvgIpc) is 2.82. The number of hydrogen-bond acceptors (Lipinski definition) is 1. The number of hydrogen-bond donors (Lipinski definition) is 1. The highest BCUT2D eigenvalue weighted by Crippen LogP contribution is 2.47. The molecule has 2 N–H and O–H groups in total. The molecule has 1 saturated carbocycles. The maximum Gasteiger partial charge on any atom is 0.221 e. The van der Waals surface area contributed by atoms with Crippen LogP contribution in [0.15, 0.2) is 24.3 Å². The molecule has 0 saturated heterocycles. The third kappa shape index (κ3) is 1.68. The van der Waals surface area contributed by atoms with Gasteiger partial charge >= 0.3 is 0 Å². The van der Waals surface area contributed by atoms with Gasteiger partial charge in [-0.1, -0.05) is 23.7 Å². The van der Waals surface area contributed by atoms with E-state index < -0.39 is 0 Å². The molecule has 1 aromatic carbocycles. The SMILES string of the molecule is NC(=O)[C@@H]1C[C@@H]1c1cccc(Cl)c1. The largest absolute Gasteiger partial charge is 0.369 e. The van der Waals surface area contributed by atoms with Gasteiger partial charge in [-0.25, -0.2) is 0 Å². The lowest BCUT2D eigenvalue weighted by molar-refractivity contribution is -0.119. The second kappa shape index (κ2) is 3.04. The Balaban J connectivity index is 2.16. The van der Waals surface area contributed by atoms with Gasteiger partial charge in [0.1, 0.15) is 0 Å². The Labute approximate surface area is 81.7 Å². The molecule has 1 amide bonds. The van der Waals surface area contributed by atoms with Crippen LogP contribution in [0.4, 0.5) is 0 Å². The van der Waals surface area contributed by atoms with Crippen molar-refractivity contribution >= 4 is 17.5 Å². The van der Waals surface area contributed by atoms with Crippen molar-refractivity contribution in [3.63, 3.8) is 0 Å². The van der Waals surface area contributed by atoms with Crippen molar-refractivity contribution in [3.8, 4) is 0 Å². The van der Waals surface area contributed by atoms with E-state index in [9.17, 15) is 4.79 Å². The predicted octanol–water partition coefficient (Wildman–Crippen LogP) is 1.93. The Morgan fingerprint density at radius 1 is 1.54 bits per heavy atom. The molecule has 13 heavy (non-hydrogen) atoms. The van der Waals surface area contributed by atoms with E-state index in [1.165, 1.54) is 0 Å². The van der Waals surface area contributed by atoms with Crippen molar-refractivity contribution in [2.75, 3.05) is 0 Å². The summed E-state index contributed by atoms with van der Waals surface area (Å²) in [5.74, 6) is 0.125. The molecule has 1 aromatic rings. The second-order valence-electron chi connectivity index (χ2n) is 3.41. The summed E-state index contributed by atoms with van der Waals surface area (Å²) in [5.41, 5.74) is 6.31. The second-order valence-corrected chi connectivity index (χ2v) is 3.84. The van der Waals surface area contributed by atoms with Crippen molar-refractivity contribution in [1.29, 1.82) is 0 Å². The molecule has 3 heteroatoms. The van der Waals surface area contributed by atoms with Gasteiger partial charge in [-0.05, 0) is 30.0 Å². The van der Waals surface area contributed by atoms with Crippen LogP contribution in [0.3, 0.4) is 0 Å². The minimum absolute atomic E-state index is 0.0264. The molecule has 0 aromatic heterocycles. The minimum atomic E-state index is -0.204.